The number of aromatic nitrogens is 2. The van der Waals surface area contributed by atoms with Crippen LogP contribution in [0.4, 0.5) is 10.5 Å². The minimum atomic E-state index is -0.209. The molecule has 0 saturated carbocycles. The van der Waals surface area contributed by atoms with Crippen LogP contribution in [0.5, 0.6) is 0 Å². The molecule has 1 atom stereocenters. The van der Waals surface area contributed by atoms with Gasteiger partial charge in [0, 0.05) is 21.9 Å². The summed E-state index contributed by atoms with van der Waals surface area (Å²) in [7, 11) is 0. The van der Waals surface area contributed by atoms with Crippen molar-refractivity contribution in [2.24, 2.45) is 0 Å². The van der Waals surface area contributed by atoms with Crippen LogP contribution in [-0.4, -0.2) is 16.2 Å². The summed E-state index contributed by atoms with van der Waals surface area (Å²) in [6.07, 6.45) is 1.67. The first-order valence-corrected chi connectivity index (χ1v) is 5.89. The molecule has 1 aliphatic heterocycles. The highest BCUT2D eigenvalue weighted by Crippen LogP contribution is 2.32. The Morgan fingerprint density at radius 3 is 2.94 bits per heavy atom. The zero-order valence-corrected chi connectivity index (χ0v) is 10.3. The van der Waals surface area contributed by atoms with Gasteiger partial charge < -0.3 is 10.6 Å². The lowest BCUT2D eigenvalue weighted by Crippen LogP contribution is -2.38. The number of carbonyl (C=O) groups is 1. The Balaban J connectivity index is 2.13. The van der Waals surface area contributed by atoms with E-state index in [4.69, 9.17) is 0 Å². The molecule has 3 rings (SSSR count). The van der Waals surface area contributed by atoms with Crippen molar-refractivity contribution in [1.82, 2.24) is 15.5 Å². The molecule has 0 saturated heterocycles. The predicted molar refractivity (Wildman–Crippen MR) is 66.7 cm³/mol. The normalized spacial score (nSPS) is 18.2. The summed E-state index contributed by atoms with van der Waals surface area (Å²) >= 11 is 3.43. The van der Waals surface area contributed by atoms with E-state index in [2.05, 4.69) is 36.8 Å². The third-order valence-electron chi connectivity index (χ3n) is 2.68. The van der Waals surface area contributed by atoms with Gasteiger partial charge in [-0.15, -0.1) is 0 Å². The van der Waals surface area contributed by atoms with Gasteiger partial charge in [-0.3, -0.25) is 5.10 Å². The fourth-order valence-corrected chi connectivity index (χ4v) is 2.30. The van der Waals surface area contributed by atoms with E-state index in [9.17, 15) is 4.79 Å². The van der Waals surface area contributed by atoms with E-state index in [-0.39, 0.29) is 12.1 Å². The van der Waals surface area contributed by atoms with Gasteiger partial charge in [-0.2, -0.15) is 5.10 Å². The number of H-pyrrole nitrogens is 1. The lowest BCUT2D eigenvalue weighted by molar-refractivity contribution is 0.248. The zero-order valence-electron chi connectivity index (χ0n) is 8.70. The van der Waals surface area contributed by atoms with E-state index < -0.39 is 0 Å². The maximum atomic E-state index is 11.5. The minimum absolute atomic E-state index is 0.196. The van der Waals surface area contributed by atoms with Crippen LogP contribution < -0.4 is 10.6 Å². The van der Waals surface area contributed by atoms with Crippen molar-refractivity contribution in [1.29, 1.82) is 0 Å². The molecule has 1 unspecified atom stereocenters. The van der Waals surface area contributed by atoms with Crippen LogP contribution in [0.3, 0.4) is 0 Å². The number of halogens is 1. The number of nitrogens with zero attached hydrogens (tertiary/aromatic N) is 1. The van der Waals surface area contributed by atoms with Crippen LogP contribution in [0.15, 0.2) is 34.9 Å². The number of benzene rings is 1. The molecule has 86 valence electrons. The third-order valence-corrected chi connectivity index (χ3v) is 3.17. The Bertz CT molecular complexity index is 567. The van der Waals surface area contributed by atoms with Crippen LogP contribution in [0, 0.1) is 0 Å². The molecule has 0 bridgehead atoms. The van der Waals surface area contributed by atoms with Gasteiger partial charge >= 0.3 is 6.03 Å². The van der Waals surface area contributed by atoms with E-state index in [0.717, 1.165) is 21.4 Å². The second-order valence-electron chi connectivity index (χ2n) is 3.78. The molecule has 6 heteroatoms. The van der Waals surface area contributed by atoms with E-state index in [0.29, 0.717) is 0 Å². The van der Waals surface area contributed by atoms with Crippen LogP contribution in [0.1, 0.15) is 17.3 Å². The van der Waals surface area contributed by atoms with Gasteiger partial charge in [0.1, 0.15) is 0 Å². The van der Waals surface area contributed by atoms with Crippen molar-refractivity contribution in [2.45, 2.75) is 6.04 Å². The predicted octanol–water partition coefficient (Wildman–Crippen LogP) is 2.40. The topological polar surface area (TPSA) is 69.8 Å². The average molecular weight is 293 g/mol. The van der Waals surface area contributed by atoms with E-state index >= 15 is 0 Å². The molecule has 1 aromatic carbocycles. The summed E-state index contributed by atoms with van der Waals surface area (Å²) in [4.78, 5) is 11.5. The van der Waals surface area contributed by atoms with Gasteiger partial charge in [-0.05, 0) is 24.3 Å². The second kappa shape index (κ2) is 3.89. The first kappa shape index (κ1) is 10.3. The highest BCUT2D eigenvalue weighted by Gasteiger charge is 2.26. The Labute approximate surface area is 106 Å². The van der Waals surface area contributed by atoms with E-state index in [1.807, 2.05) is 24.3 Å². The Morgan fingerprint density at radius 2 is 2.18 bits per heavy atom. The molecular formula is C11H9BrN4O. The molecule has 2 amide bonds. The molecule has 2 heterocycles. The molecule has 0 radical (unpaired) electrons. The Morgan fingerprint density at radius 1 is 1.29 bits per heavy atom. The molecule has 5 nitrogen and oxygen atoms in total. The number of fused-ring (bicyclic) bond motifs is 1. The van der Waals surface area contributed by atoms with Crippen molar-refractivity contribution in [3.8, 4) is 0 Å². The number of hydrogen-bond donors (Lipinski definition) is 3. The van der Waals surface area contributed by atoms with Gasteiger partial charge in [-0.1, -0.05) is 15.9 Å². The summed E-state index contributed by atoms with van der Waals surface area (Å²) in [5.74, 6) is 0. The van der Waals surface area contributed by atoms with Crippen LogP contribution in [0.25, 0.3) is 0 Å². The second-order valence-corrected chi connectivity index (χ2v) is 4.69. The van der Waals surface area contributed by atoms with Crippen molar-refractivity contribution in [3.05, 3.63) is 46.2 Å². The quantitative estimate of drug-likeness (QED) is 0.755. The standard InChI is InChI=1S/C11H9BrN4O/c12-6-1-2-8-7(5-6)10(15-11(17)14-8)9-3-4-13-16-9/h1-5,10H,(H,13,16)(H2,14,15,17). The van der Waals surface area contributed by atoms with E-state index in [1.54, 1.807) is 6.20 Å². The summed E-state index contributed by atoms with van der Waals surface area (Å²) in [6, 6.07) is 7.20. The van der Waals surface area contributed by atoms with Gasteiger partial charge in [0.25, 0.3) is 0 Å². The van der Waals surface area contributed by atoms with Crippen LogP contribution in [0.2, 0.25) is 0 Å². The highest BCUT2D eigenvalue weighted by atomic mass is 79.9. The van der Waals surface area contributed by atoms with Crippen LogP contribution >= 0.6 is 15.9 Å². The highest BCUT2D eigenvalue weighted by molar-refractivity contribution is 9.10. The van der Waals surface area contributed by atoms with Gasteiger partial charge in [0.15, 0.2) is 0 Å². The first-order chi connectivity index (χ1) is 8.24. The van der Waals surface area contributed by atoms with Crippen molar-refractivity contribution < 1.29 is 4.79 Å². The smallest absolute Gasteiger partial charge is 0.320 e. The van der Waals surface area contributed by atoms with E-state index in [1.165, 1.54) is 0 Å². The molecule has 0 aliphatic carbocycles. The molecular weight excluding hydrogens is 284 g/mol. The number of amides is 2. The van der Waals surface area contributed by atoms with Gasteiger partial charge in [0.2, 0.25) is 0 Å². The third kappa shape index (κ3) is 1.80. The first-order valence-electron chi connectivity index (χ1n) is 5.10. The summed E-state index contributed by atoms with van der Waals surface area (Å²) < 4.78 is 0.971. The Kier molecular flexibility index (Phi) is 2.36. The molecule has 0 fully saturated rings. The maximum Gasteiger partial charge on any atom is 0.320 e. The molecule has 3 N–H and O–H groups in total. The summed E-state index contributed by atoms with van der Waals surface area (Å²) in [5.41, 5.74) is 2.68. The SMILES string of the molecule is O=C1Nc2ccc(Br)cc2C(c2ccn[nH]2)N1. The molecule has 0 spiro atoms. The van der Waals surface area contributed by atoms with Crippen molar-refractivity contribution >= 4 is 27.6 Å². The largest absolute Gasteiger partial charge is 0.325 e. The molecule has 17 heavy (non-hydrogen) atoms. The Hall–Kier alpha value is -1.82. The minimum Gasteiger partial charge on any atom is -0.325 e. The lowest BCUT2D eigenvalue weighted by Gasteiger charge is -2.26. The molecule has 2 aromatic rings. The fraction of sp³-hybridized carbons (Fsp3) is 0.0909. The molecule has 1 aromatic heterocycles. The number of anilines is 1. The summed E-state index contributed by atoms with van der Waals surface area (Å²) in [5, 5.41) is 12.4. The average Bonchev–Trinajstić information content (AvgIpc) is 2.82. The lowest BCUT2D eigenvalue weighted by atomic mass is 10.00. The maximum absolute atomic E-state index is 11.5. The number of nitrogens with one attached hydrogen (secondary N) is 3. The fourth-order valence-electron chi connectivity index (χ4n) is 1.93. The number of hydrogen-bond acceptors (Lipinski definition) is 2. The van der Waals surface area contributed by atoms with Gasteiger partial charge in [-0.25, -0.2) is 4.79 Å². The monoisotopic (exact) mass is 292 g/mol. The number of aromatic amines is 1. The van der Waals surface area contributed by atoms with Crippen molar-refractivity contribution in [3.63, 3.8) is 0 Å². The van der Waals surface area contributed by atoms with Crippen molar-refractivity contribution in [2.75, 3.05) is 5.32 Å². The molecule has 1 aliphatic rings. The number of urea groups is 1. The zero-order chi connectivity index (χ0) is 11.8. The number of carbonyl (C=O) groups excluding carboxylic acids is 1. The number of rotatable bonds is 1. The van der Waals surface area contributed by atoms with Crippen LogP contribution in [-0.2, 0) is 0 Å². The van der Waals surface area contributed by atoms with Gasteiger partial charge in [0.05, 0.1) is 11.7 Å². The summed E-state index contributed by atoms with van der Waals surface area (Å²) in [6.45, 7) is 0.